The van der Waals surface area contributed by atoms with Crippen LogP contribution in [0.1, 0.15) is 0 Å². The Balaban J connectivity index is 1.28. The van der Waals surface area contributed by atoms with Crippen LogP contribution in [0.3, 0.4) is 0 Å². The molecule has 60 heavy (non-hydrogen) atoms. The zero-order valence-electron chi connectivity index (χ0n) is 32.9. The molecule has 0 N–H and O–H groups in total. The van der Waals surface area contributed by atoms with Gasteiger partial charge in [0.05, 0.1) is 0 Å². The second-order valence-corrected chi connectivity index (χ2v) is 14.7. The average Bonchev–Trinajstić information content (AvgIpc) is 3.35. The third-order valence-corrected chi connectivity index (χ3v) is 11.0. The first-order valence-electron chi connectivity index (χ1n) is 20.3. The Kier molecular flexibility index (Phi) is 9.97. The number of aromatic nitrogens is 3. The maximum absolute atomic E-state index is 5.18. The van der Waals surface area contributed by atoms with Gasteiger partial charge in [-0.15, -0.1) is 0 Å². The van der Waals surface area contributed by atoms with Crippen LogP contribution in [0.2, 0.25) is 0 Å². The van der Waals surface area contributed by atoms with E-state index in [0.29, 0.717) is 17.5 Å². The van der Waals surface area contributed by atoms with Gasteiger partial charge in [-0.3, -0.25) is 0 Å². The molecule has 0 bridgehead atoms. The van der Waals surface area contributed by atoms with E-state index in [0.717, 1.165) is 66.8 Å². The number of benzene rings is 9. The molecule has 10 aromatic rings. The van der Waals surface area contributed by atoms with Crippen molar-refractivity contribution >= 4 is 0 Å². The highest BCUT2D eigenvalue weighted by Crippen LogP contribution is 2.52. The molecule has 1 heterocycles. The van der Waals surface area contributed by atoms with Crippen LogP contribution in [0, 0.1) is 0 Å². The summed E-state index contributed by atoms with van der Waals surface area (Å²) in [7, 11) is 0. The van der Waals surface area contributed by atoms with Gasteiger partial charge in [-0.2, -0.15) is 0 Å². The van der Waals surface area contributed by atoms with Crippen LogP contribution in [-0.2, 0) is 0 Å². The fraction of sp³-hybridized carbons (Fsp3) is 0. The second kappa shape index (κ2) is 16.5. The van der Waals surface area contributed by atoms with Crippen molar-refractivity contribution in [2.75, 3.05) is 0 Å². The lowest BCUT2D eigenvalue weighted by molar-refractivity contribution is 1.07. The van der Waals surface area contributed by atoms with E-state index in [-0.39, 0.29) is 0 Å². The van der Waals surface area contributed by atoms with Crippen molar-refractivity contribution in [1.29, 1.82) is 0 Å². The molecule has 9 aromatic carbocycles. The first-order chi connectivity index (χ1) is 29.8. The van der Waals surface area contributed by atoms with Gasteiger partial charge in [0.2, 0.25) is 0 Å². The van der Waals surface area contributed by atoms with E-state index in [1.807, 2.05) is 60.7 Å². The van der Waals surface area contributed by atoms with Gasteiger partial charge < -0.3 is 0 Å². The van der Waals surface area contributed by atoms with Crippen molar-refractivity contribution < 1.29 is 0 Å². The highest BCUT2D eigenvalue weighted by molar-refractivity contribution is 6.09. The van der Waals surface area contributed by atoms with Crippen LogP contribution in [0.25, 0.3) is 101 Å². The molecule has 0 radical (unpaired) electrons. The minimum Gasteiger partial charge on any atom is -0.208 e. The Morgan fingerprint density at radius 3 is 0.900 bits per heavy atom. The molecule has 10 rings (SSSR count). The van der Waals surface area contributed by atoms with E-state index in [1.54, 1.807) is 0 Å². The quantitative estimate of drug-likeness (QED) is 0.147. The molecule has 282 valence electrons. The van der Waals surface area contributed by atoms with Crippen LogP contribution in [0.5, 0.6) is 0 Å². The summed E-state index contributed by atoms with van der Waals surface area (Å²) in [5.41, 5.74) is 16.5. The topological polar surface area (TPSA) is 38.7 Å². The Bertz CT molecular complexity index is 2980. The van der Waals surface area contributed by atoms with Gasteiger partial charge in [-0.05, 0) is 72.8 Å². The van der Waals surface area contributed by atoms with Crippen LogP contribution in [-0.4, -0.2) is 15.0 Å². The van der Waals surface area contributed by atoms with Gasteiger partial charge in [0.25, 0.3) is 0 Å². The normalized spacial score (nSPS) is 11.0. The molecule has 0 fully saturated rings. The summed E-state index contributed by atoms with van der Waals surface area (Å²) in [5.74, 6) is 1.88. The first-order valence-corrected chi connectivity index (χ1v) is 20.3. The van der Waals surface area contributed by atoms with E-state index < -0.39 is 0 Å². The van der Waals surface area contributed by atoms with Crippen molar-refractivity contribution in [1.82, 2.24) is 15.0 Å². The number of nitrogens with zero attached hydrogens (tertiary/aromatic N) is 3. The van der Waals surface area contributed by atoms with Gasteiger partial charge in [0.15, 0.2) is 17.5 Å². The molecule has 0 saturated carbocycles. The monoisotopic (exact) mass is 765 g/mol. The molecule has 3 nitrogen and oxygen atoms in total. The first kappa shape index (κ1) is 36.3. The van der Waals surface area contributed by atoms with Gasteiger partial charge in [-0.1, -0.05) is 231 Å². The minimum atomic E-state index is 0.616. The van der Waals surface area contributed by atoms with E-state index in [2.05, 4.69) is 176 Å². The van der Waals surface area contributed by atoms with E-state index in [9.17, 15) is 0 Å². The zero-order chi connectivity index (χ0) is 40.1. The molecule has 0 amide bonds. The molecule has 3 heteroatoms. The van der Waals surface area contributed by atoms with Gasteiger partial charge >= 0.3 is 0 Å². The summed E-state index contributed by atoms with van der Waals surface area (Å²) in [5, 5.41) is 0. The Morgan fingerprint density at radius 1 is 0.183 bits per heavy atom. The SMILES string of the molecule is c1ccc(-c2nc(-c3ccccc3)nc(-c3ccccc3-c3ccccc3-c3cc(-c4ccccc4)c(-c4ccccc4)c(-c4ccccc4)c3-c3ccccc3)n2)cc1. The number of hydrogen-bond acceptors (Lipinski definition) is 3. The maximum Gasteiger partial charge on any atom is 0.164 e. The Labute approximate surface area is 351 Å². The molecule has 0 unspecified atom stereocenters. The predicted octanol–water partition coefficient (Wildman–Crippen LogP) is 14.9. The average molecular weight is 766 g/mol. The highest BCUT2D eigenvalue weighted by atomic mass is 15.0. The third-order valence-electron chi connectivity index (χ3n) is 11.0. The zero-order valence-corrected chi connectivity index (χ0v) is 32.9. The largest absolute Gasteiger partial charge is 0.208 e. The van der Waals surface area contributed by atoms with Gasteiger partial charge in [-0.25, -0.2) is 15.0 Å². The molecule has 1 aromatic heterocycles. The second-order valence-electron chi connectivity index (χ2n) is 14.7. The molecule has 0 aliphatic rings. The predicted molar refractivity (Wildman–Crippen MR) is 249 cm³/mol. The lowest BCUT2D eigenvalue weighted by atomic mass is 9.77. The lowest BCUT2D eigenvalue weighted by Gasteiger charge is -2.25. The molecule has 0 saturated heterocycles. The van der Waals surface area contributed by atoms with Gasteiger partial charge in [0, 0.05) is 16.7 Å². The van der Waals surface area contributed by atoms with Crippen LogP contribution in [0.4, 0.5) is 0 Å². The summed E-state index contributed by atoms with van der Waals surface area (Å²) < 4.78 is 0. The third kappa shape index (κ3) is 7.10. The van der Waals surface area contributed by atoms with Crippen LogP contribution in [0.15, 0.2) is 237 Å². The van der Waals surface area contributed by atoms with Crippen molar-refractivity contribution in [2.45, 2.75) is 0 Å². The van der Waals surface area contributed by atoms with Crippen molar-refractivity contribution in [3.63, 3.8) is 0 Å². The van der Waals surface area contributed by atoms with Gasteiger partial charge in [0.1, 0.15) is 0 Å². The molecule has 0 atom stereocenters. The maximum atomic E-state index is 5.18. The van der Waals surface area contributed by atoms with Crippen LogP contribution < -0.4 is 0 Å². The fourth-order valence-corrected chi connectivity index (χ4v) is 8.24. The Hall–Kier alpha value is -8.01. The lowest BCUT2D eigenvalue weighted by Crippen LogP contribution is -2.01. The summed E-state index contributed by atoms with van der Waals surface area (Å²) in [6.45, 7) is 0. The molecular formula is C57H39N3. The van der Waals surface area contributed by atoms with E-state index in [1.165, 1.54) is 16.7 Å². The summed E-state index contributed by atoms with van der Waals surface area (Å²) in [6.07, 6.45) is 0. The molecule has 0 aliphatic carbocycles. The smallest absolute Gasteiger partial charge is 0.164 e. The van der Waals surface area contributed by atoms with E-state index in [4.69, 9.17) is 15.0 Å². The number of hydrogen-bond donors (Lipinski definition) is 0. The molecular weight excluding hydrogens is 727 g/mol. The van der Waals surface area contributed by atoms with Crippen molar-refractivity contribution in [3.05, 3.63) is 237 Å². The van der Waals surface area contributed by atoms with Crippen molar-refractivity contribution in [2.24, 2.45) is 0 Å². The standard InChI is InChI=1S/C57H39N3/c1-7-23-40(24-8-1)50-39-51(53(42-27-11-3-12-28-42)54(43-29-13-4-14-30-43)52(50)41-25-9-2-10-26-41)48-37-20-19-35-46(48)47-36-21-22-38-49(47)57-59-55(44-31-15-5-16-32-44)58-56(60-57)45-33-17-6-18-34-45/h1-39H. The van der Waals surface area contributed by atoms with E-state index >= 15 is 0 Å². The summed E-state index contributed by atoms with van der Waals surface area (Å²) >= 11 is 0. The highest BCUT2D eigenvalue weighted by Gasteiger charge is 2.26. The summed E-state index contributed by atoms with van der Waals surface area (Å²) in [4.78, 5) is 15.4. The molecule has 0 spiro atoms. The molecule has 0 aliphatic heterocycles. The van der Waals surface area contributed by atoms with Crippen LogP contribution >= 0.6 is 0 Å². The summed E-state index contributed by atoms with van der Waals surface area (Å²) in [6, 6.07) is 83.3. The fourth-order valence-electron chi connectivity index (χ4n) is 8.24. The number of rotatable bonds is 9. The Morgan fingerprint density at radius 2 is 0.467 bits per heavy atom. The van der Waals surface area contributed by atoms with Crippen molar-refractivity contribution in [3.8, 4) is 101 Å². The minimum absolute atomic E-state index is 0.616.